The normalized spacial score (nSPS) is 10.6. The third-order valence-electron chi connectivity index (χ3n) is 3.85. The smallest absolute Gasteiger partial charge is 0.246 e. The van der Waals surface area contributed by atoms with Crippen LogP contribution in [0.4, 0.5) is 0 Å². The molecule has 0 unspecified atom stereocenters. The number of carbonyl (C=O) groups is 1. The number of halogens is 1. The van der Waals surface area contributed by atoms with E-state index in [1.54, 1.807) is 24.3 Å². The number of rotatable bonds is 8. The van der Waals surface area contributed by atoms with Crippen molar-refractivity contribution in [2.75, 3.05) is 6.61 Å². The summed E-state index contributed by atoms with van der Waals surface area (Å²) in [5.74, 6) is 1.52. The minimum Gasteiger partial charge on any atom is -0.494 e. The van der Waals surface area contributed by atoms with Crippen molar-refractivity contribution >= 4 is 17.5 Å². The molecule has 3 rings (SSSR count). The molecule has 6 nitrogen and oxygen atoms in total. The van der Waals surface area contributed by atoms with E-state index in [4.69, 9.17) is 20.9 Å². The molecular formula is C20H20ClN3O3. The fourth-order valence-corrected chi connectivity index (χ4v) is 2.49. The Labute approximate surface area is 162 Å². The highest BCUT2D eigenvalue weighted by Gasteiger charge is 2.10. The molecule has 0 fully saturated rings. The summed E-state index contributed by atoms with van der Waals surface area (Å²) in [5, 5.41) is 7.37. The average molecular weight is 386 g/mol. The van der Waals surface area contributed by atoms with Gasteiger partial charge in [0.2, 0.25) is 17.6 Å². The van der Waals surface area contributed by atoms with Gasteiger partial charge in [-0.2, -0.15) is 4.98 Å². The predicted octanol–water partition coefficient (Wildman–Crippen LogP) is 4.17. The van der Waals surface area contributed by atoms with Crippen LogP contribution in [0, 0.1) is 6.92 Å². The molecule has 27 heavy (non-hydrogen) atoms. The number of amides is 1. The lowest BCUT2D eigenvalue weighted by Crippen LogP contribution is -2.23. The van der Waals surface area contributed by atoms with E-state index in [1.807, 2.05) is 31.2 Å². The van der Waals surface area contributed by atoms with E-state index in [1.165, 1.54) is 0 Å². The Bertz CT molecular complexity index is 876. The number of nitrogens with zero attached hydrogens (tertiary/aromatic N) is 2. The molecule has 0 aliphatic carbocycles. The largest absolute Gasteiger partial charge is 0.494 e. The molecule has 1 amide bonds. The van der Waals surface area contributed by atoms with Gasteiger partial charge in [-0.1, -0.05) is 46.6 Å². The van der Waals surface area contributed by atoms with Gasteiger partial charge in [-0.25, -0.2) is 0 Å². The Morgan fingerprint density at radius 2 is 1.89 bits per heavy atom. The Morgan fingerprint density at radius 1 is 1.15 bits per heavy atom. The lowest BCUT2D eigenvalue weighted by atomic mass is 10.1. The summed E-state index contributed by atoms with van der Waals surface area (Å²) in [7, 11) is 0. The molecule has 0 spiro atoms. The summed E-state index contributed by atoms with van der Waals surface area (Å²) >= 11 is 5.82. The number of aryl methyl sites for hydroxylation is 1. The van der Waals surface area contributed by atoms with Gasteiger partial charge < -0.3 is 14.6 Å². The van der Waals surface area contributed by atoms with Gasteiger partial charge in [0.1, 0.15) is 5.75 Å². The van der Waals surface area contributed by atoms with Gasteiger partial charge in [-0.15, -0.1) is 0 Å². The first-order valence-corrected chi connectivity index (χ1v) is 9.02. The predicted molar refractivity (Wildman–Crippen MR) is 102 cm³/mol. The molecule has 0 aliphatic heterocycles. The van der Waals surface area contributed by atoms with Gasteiger partial charge in [0.25, 0.3) is 0 Å². The second-order valence-corrected chi connectivity index (χ2v) is 6.50. The molecule has 0 bridgehead atoms. The van der Waals surface area contributed by atoms with E-state index in [9.17, 15) is 4.79 Å². The van der Waals surface area contributed by atoms with Gasteiger partial charge in [0, 0.05) is 17.0 Å². The van der Waals surface area contributed by atoms with Crippen LogP contribution in [0.15, 0.2) is 53.1 Å². The average Bonchev–Trinajstić information content (AvgIpc) is 3.14. The van der Waals surface area contributed by atoms with Crippen molar-refractivity contribution in [1.82, 2.24) is 15.5 Å². The number of carbonyl (C=O) groups excluding carboxylic acids is 1. The van der Waals surface area contributed by atoms with Crippen LogP contribution in [-0.2, 0) is 11.3 Å². The summed E-state index contributed by atoms with van der Waals surface area (Å²) in [6.45, 7) is 2.67. The fourth-order valence-electron chi connectivity index (χ4n) is 2.36. The molecule has 0 aliphatic rings. The fraction of sp³-hybridized carbons (Fsp3) is 0.250. The van der Waals surface area contributed by atoms with Crippen molar-refractivity contribution in [2.24, 2.45) is 0 Å². The van der Waals surface area contributed by atoms with Gasteiger partial charge in [-0.05, 0) is 37.6 Å². The Balaban J connectivity index is 1.38. The van der Waals surface area contributed by atoms with Gasteiger partial charge in [-0.3, -0.25) is 4.79 Å². The summed E-state index contributed by atoms with van der Waals surface area (Å²) in [6, 6.07) is 15.0. The van der Waals surface area contributed by atoms with Crippen LogP contribution < -0.4 is 10.1 Å². The monoisotopic (exact) mass is 385 g/mol. The zero-order chi connectivity index (χ0) is 19.1. The van der Waals surface area contributed by atoms with Crippen LogP contribution in [0.1, 0.15) is 24.3 Å². The molecule has 140 valence electrons. The minimum absolute atomic E-state index is 0.0928. The summed E-state index contributed by atoms with van der Waals surface area (Å²) in [6.07, 6.45) is 0.958. The van der Waals surface area contributed by atoms with E-state index >= 15 is 0 Å². The second kappa shape index (κ2) is 9.19. The zero-order valence-electron chi connectivity index (χ0n) is 14.9. The van der Waals surface area contributed by atoms with Crippen molar-refractivity contribution in [3.8, 4) is 17.1 Å². The van der Waals surface area contributed by atoms with Crippen LogP contribution in [0.3, 0.4) is 0 Å². The third kappa shape index (κ3) is 5.82. The van der Waals surface area contributed by atoms with E-state index < -0.39 is 0 Å². The third-order valence-corrected chi connectivity index (χ3v) is 4.10. The first kappa shape index (κ1) is 18.9. The second-order valence-electron chi connectivity index (χ2n) is 6.06. The van der Waals surface area contributed by atoms with Crippen molar-refractivity contribution < 1.29 is 14.1 Å². The summed E-state index contributed by atoms with van der Waals surface area (Å²) < 4.78 is 10.7. The Morgan fingerprint density at radius 3 is 2.63 bits per heavy atom. The number of nitrogens with one attached hydrogen (secondary N) is 1. The van der Waals surface area contributed by atoms with Crippen molar-refractivity contribution in [1.29, 1.82) is 0 Å². The molecule has 2 aromatic carbocycles. The van der Waals surface area contributed by atoms with Crippen LogP contribution in [-0.4, -0.2) is 22.7 Å². The molecule has 1 N–H and O–H groups in total. The highest BCUT2D eigenvalue weighted by Crippen LogP contribution is 2.17. The molecule has 7 heteroatoms. The van der Waals surface area contributed by atoms with Crippen molar-refractivity contribution in [3.63, 3.8) is 0 Å². The Kier molecular flexibility index (Phi) is 6.44. The highest BCUT2D eigenvalue weighted by atomic mass is 35.5. The molecule has 3 aromatic rings. The van der Waals surface area contributed by atoms with E-state index in [0.29, 0.717) is 36.2 Å². The van der Waals surface area contributed by atoms with Crippen molar-refractivity contribution in [2.45, 2.75) is 26.3 Å². The highest BCUT2D eigenvalue weighted by molar-refractivity contribution is 6.30. The van der Waals surface area contributed by atoms with Gasteiger partial charge >= 0.3 is 0 Å². The molecule has 0 radical (unpaired) electrons. The first-order valence-electron chi connectivity index (χ1n) is 8.65. The van der Waals surface area contributed by atoms with E-state index in [-0.39, 0.29) is 12.5 Å². The molecule has 0 saturated heterocycles. The SMILES string of the molecule is Cc1ccc(-c2noc(CNC(=O)CCCOc3ccc(Cl)cc3)n2)cc1. The maximum absolute atomic E-state index is 11.9. The topological polar surface area (TPSA) is 77.2 Å². The maximum atomic E-state index is 11.9. The molecule has 0 atom stereocenters. The number of aromatic nitrogens is 2. The zero-order valence-corrected chi connectivity index (χ0v) is 15.7. The van der Waals surface area contributed by atoms with Crippen LogP contribution in [0.2, 0.25) is 5.02 Å². The van der Waals surface area contributed by atoms with Crippen molar-refractivity contribution in [3.05, 3.63) is 65.0 Å². The minimum atomic E-state index is -0.0928. The quantitative estimate of drug-likeness (QED) is 0.589. The van der Waals surface area contributed by atoms with Crippen LogP contribution in [0.5, 0.6) is 5.75 Å². The molecule has 1 heterocycles. The van der Waals surface area contributed by atoms with Gasteiger partial charge in [0.15, 0.2) is 0 Å². The first-order chi connectivity index (χ1) is 13.1. The van der Waals surface area contributed by atoms with Crippen LogP contribution in [0.25, 0.3) is 11.4 Å². The molecule has 1 aromatic heterocycles. The number of hydrogen-bond acceptors (Lipinski definition) is 5. The number of hydrogen-bond donors (Lipinski definition) is 1. The van der Waals surface area contributed by atoms with Crippen LogP contribution >= 0.6 is 11.6 Å². The lowest BCUT2D eigenvalue weighted by Gasteiger charge is -2.06. The summed E-state index contributed by atoms with van der Waals surface area (Å²) in [4.78, 5) is 16.2. The van der Waals surface area contributed by atoms with E-state index in [0.717, 1.165) is 16.9 Å². The molecular weight excluding hydrogens is 366 g/mol. The number of ether oxygens (including phenoxy) is 1. The van der Waals surface area contributed by atoms with Gasteiger partial charge in [0.05, 0.1) is 13.2 Å². The summed E-state index contributed by atoms with van der Waals surface area (Å²) in [5.41, 5.74) is 2.04. The van der Waals surface area contributed by atoms with E-state index in [2.05, 4.69) is 15.5 Å². The standard InChI is InChI=1S/C20H20ClN3O3/c1-14-4-6-15(7-5-14)20-23-19(27-24-20)13-22-18(25)3-2-12-26-17-10-8-16(21)9-11-17/h4-11H,2-3,12-13H2,1H3,(H,22,25). The molecule has 0 saturated carbocycles. The maximum Gasteiger partial charge on any atom is 0.246 e. The Hall–Kier alpha value is -2.86. The number of benzene rings is 2. The lowest BCUT2D eigenvalue weighted by molar-refractivity contribution is -0.121.